The summed E-state index contributed by atoms with van der Waals surface area (Å²) < 4.78 is 1.89. The van der Waals surface area contributed by atoms with E-state index < -0.39 is 0 Å². The predicted molar refractivity (Wildman–Crippen MR) is 136 cm³/mol. The minimum absolute atomic E-state index is 0.659. The van der Waals surface area contributed by atoms with E-state index in [0.717, 1.165) is 50.7 Å². The Bertz CT molecular complexity index is 1190. The van der Waals surface area contributed by atoms with Gasteiger partial charge in [0.25, 0.3) is 0 Å². The molecule has 1 aromatic heterocycles. The number of aromatic nitrogens is 4. The minimum atomic E-state index is 0.659. The van der Waals surface area contributed by atoms with E-state index in [-0.39, 0.29) is 0 Å². The fourth-order valence-corrected chi connectivity index (χ4v) is 4.41. The second kappa shape index (κ2) is 11.0. The standard InChI is InChI=1S/C28H30N6/c1-3-10-24(11-4-1)14-9-17-32-18-20-33(21-19-32)23-26-15-7-8-16-27(26)28-29-30-31-34(28)22-25-12-5-2-6-13-25/h1-16H,17-23H2. The van der Waals surface area contributed by atoms with Gasteiger partial charge in [0.05, 0.1) is 6.54 Å². The van der Waals surface area contributed by atoms with Gasteiger partial charge in [0.2, 0.25) is 0 Å². The van der Waals surface area contributed by atoms with Gasteiger partial charge in [-0.1, -0.05) is 97.1 Å². The Balaban J connectivity index is 1.20. The zero-order valence-electron chi connectivity index (χ0n) is 19.4. The normalized spacial score (nSPS) is 15.2. The molecule has 1 fully saturated rings. The summed E-state index contributed by atoms with van der Waals surface area (Å²) in [5, 5.41) is 12.6. The third-order valence-electron chi connectivity index (χ3n) is 6.30. The smallest absolute Gasteiger partial charge is 0.182 e. The molecule has 4 aromatic rings. The maximum absolute atomic E-state index is 4.37. The second-order valence-electron chi connectivity index (χ2n) is 8.69. The molecule has 0 unspecified atom stereocenters. The lowest BCUT2D eigenvalue weighted by Gasteiger charge is -2.34. The molecule has 0 spiro atoms. The van der Waals surface area contributed by atoms with Gasteiger partial charge in [-0.25, -0.2) is 4.68 Å². The van der Waals surface area contributed by atoms with E-state index in [4.69, 9.17) is 0 Å². The monoisotopic (exact) mass is 450 g/mol. The highest BCUT2D eigenvalue weighted by Gasteiger charge is 2.19. The molecule has 0 radical (unpaired) electrons. The van der Waals surface area contributed by atoms with Crippen LogP contribution in [0, 0.1) is 0 Å². The zero-order chi connectivity index (χ0) is 23.0. The number of rotatable bonds is 8. The van der Waals surface area contributed by atoms with E-state index in [1.165, 1.54) is 16.7 Å². The summed E-state index contributed by atoms with van der Waals surface area (Å²) in [6, 6.07) is 29.3. The number of hydrogen-bond acceptors (Lipinski definition) is 5. The molecule has 1 aliphatic rings. The van der Waals surface area contributed by atoms with Crippen molar-refractivity contribution in [3.8, 4) is 11.4 Å². The van der Waals surface area contributed by atoms with E-state index in [0.29, 0.717) is 6.54 Å². The number of piperazine rings is 1. The van der Waals surface area contributed by atoms with Crippen LogP contribution in [0.2, 0.25) is 0 Å². The number of benzene rings is 3. The van der Waals surface area contributed by atoms with Crippen LogP contribution in [0.4, 0.5) is 0 Å². The highest BCUT2D eigenvalue weighted by atomic mass is 15.5. The Morgan fingerprint density at radius 2 is 1.38 bits per heavy atom. The highest BCUT2D eigenvalue weighted by Crippen LogP contribution is 2.23. The third-order valence-corrected chi connectivity index (χ3v) is 6.30. The fourth-order valence-electron chi connectivity index (χ4n) is 4.41. The Morgan fingerprint density at radius 1 is 0.706 bits per heavy atom. The van der Waals surface area contributed by atoms with Crippen molar-refractivity contribution in [1.29, 1.82) is 0 Å². The summed E-state index contributed by atoms with van der Waals surface area (Å²) in [7, 11) is 0. The van der Waals surface area contributed by atoms with Crippen molar-refractivity contribution in [3.05, 3.63) is 108 Å². The van der Waals surface area contributed by atoms with Crippen LogP contribution in [0.25, 0.3) is 17.5 Å². The largest absolute Gasteiger partial charge is 0.297 e. The zero-order valence-corrected chi connectivity index (χ0v) is 19.4. The van der Waals surface area contributed by atoms with Crippen molar-refractivity contribution in [2.24, 2.45) is 0 Å². The average molecular weight is 451 g/mol. The Hall–Kier alpha value is -3.61. The molecule has 6 heteroatoms. The van der Waals surface area contributed by atoms with Crippen LogP contribution < -0.4 is 0 Å². The van der Waals surface area contributed by atoms with Gasteiger partial charge in [0, 0.05) is 44.8 Å². The van der Waals surface area contributed by atoms with Crippen LogP contribution in [0.15, 0.2) is 91.0 Å². The predicted octanol–water partition coefficient (Wildman–Crippen LogP) is 4.22. The molecule has 0 bridgehead atoms. The Kier molecular flexibility index (Phi) is 7.19. The number of nitrogens with zero attached hydrogens (tertiary/aromatic N) is 6. The first-order chi connectivity index (χ1) is 16.8. The van der Waals surface area contributed by atoms with Gasteiger partial charge in [0.15, 0.2) is 5.82 Å². The maximum Gasteiger partial charge on any atom is 0.182 e. The molecule has 172 valence electrons. The van der Waals surface area contributed by atoms with Crippen LogP contribution in [-0.2, 0) is 13.1 Å². The van der Waals surface area contributed by atoms with Gasteiger partial charge in [-0.2, -0.15) is 0 Å². The van der Waals surface area contributed by atoms with Crippen molar-refractivity contribution in [3.63, 3.8) is 0 Å². The van der Waals surface area contributed by atoms with E-state index in [2.05, 4.69) is 104 Å². The average Bonchev–Trinajstić information content (AvgIpc) is 3.34. The molecule has 0 atom stereocenters. The summed E-state index contributed by atoms with van der Waals surface area (Å²) in [4.78, 5) is 5.05. The van der Waals surface area contributed by atoms with Gasteiger partial charge < -0.3 is 0 Å². The van der Waals surface area contributed by atoms with Crippen molar-refractivity contribution in [1.82, 2.24) is 30.0 Å². The Labute approximate surface area is 201 Å². The quantitative estimate of drug-likeness (QED) is 0.402. The summed E-state index contributed by atoms with van der Waals surface area (Å²) in [6.45, 7) is 6.83. The molecule has 1 saturated heterocycles. The van der Waals surface area contributed by atoms with Crippen LogP contribution in [0.1, 0.15) is 16.7 Å². The van der Waals surface area contributed by atoms with E-state index in [1.807, 2.05) is 22.9 Å². The molecular weight excluding hydrogens is 420 g/mol. The summed E-state index contributed by atoms with van der Waals surface area (Å²) in [5.41, 5.74) is 4.82. The lowest BCUT2D eigenvalue weighted by atomic mass is 10.1. The number of tetrazole rings is 1. The molecule has 34 heavy (non-hydrogen) atoms. The van der Waals surface area contributed by atoms with E-state index in [1.54, 1.807) is 0 Å². The molecule has 0 saturated carbocycles. The summed E-state index contributed by atoms with van der Waals surface area (Å²) >= 11 is 0. The van der Waals surface area contributed by atoms with Gasteiger partial charge in [-0.15, -0.1) is 5.10 Å². The van der Waals surface area contributed by atoms with Crippen LogP contribution in [0.3, 0.4) is 0 Å². The van der Waals surface area contributed by atoms with Gasteiger partial charge in [-0.05, 0) is 27.1 Å². The van der Waals surface area contributed by atoms with Gasteiger partial charge in [-0.3, -0.25) is 9.80 Å². The van der Waals surface area contributed by atoms with Gasteiger partial charge in [0.1, 0.15) is 0 Å². The SMILES string of the molecule is C(=Cc1ccccc1)CN1CCN(Cc2ccccc2-c2nnnn2Cc2ccccc2)CC1. The first-order valence-electron chi connectivity index (χ1n) is 11.9. The second-order valence-corrected chi connectivity index (χ2v) is 8.69. The molecule has 3 aromatic carbocycles. The molecule has 0 N–H and O–H groups in total. The van der Waals surface area contributed by atoms with Crippen molar-refractivity contribution >= 4 is 6.08 Å². The van der Waals surface area contributed by atoms with E-state index >= 15 is 0 Å². The first-order valence-corrected chi connectivity index (χ1v) is 11.9. The topological polar surface area (TPSA) is 50.1 Å². The first kappa shape index (κ1) is 22.2. The maximum atomic E-state index is 4.37. The molecule has 6 nitrogen and oxygen atoms in total. The molecule has 0 amide bonds. The fraction of sp³-hybridized carbons (Fsp3) is 0.250. The number of hydrogen-bond donors (Lipinski definition) is 0. The van der Waals surface area contributed by atoms with Crippen molar-refractivity contribution in [2.75, 3.05) is 32.7 Å². The lowest BCUT2D eigenvalue weighted by Crippen LogP contribution is -2.45. The van der Waals surface area contributed by atoms with Crippen LogP contribution >= 0.6 is 0 Å². The molecule has 5 rings (SSSR count). The molecular formula is C28H30N6. The van der Waals surface area contributed by atoms with Gasteiger partial charge >= 0.3 is 0 Å². The van der Waals surface area contributed by atoms with Crippen LogP contribution in [-0.4, -0.2) is 62.7 Å². The summed E-state index contributed by atoms with van der Waals surface area (Å²) in [6.07, 6.45) is 4.48. The van der Waals surface area contributed by atoms with Crippen molar-refractivity contribution < 1.29 is 0 Å². The molecule has 2 heterocycles. The van der Waals surface area contributed by atoms with E-state index in [9.17, 15) is 0 Å². The molecule has 1 aliphatic heterocycles. The minimum Gasteiger partial charge on any atom is -0.297 e. The van der Waals surface area contributed by atoms with Crippen LogP contribution in [0.5, 0.6) is 0 Å². The highest BCUT2D eigenvalue weighted by molar-refractivity contribution is 5.60. The lowest BCUT2D eigenvalue weighted by molar-refractivity contribution is 0.137. The third kappa shape index (κ3) is 5.65. The summed E-state index contributed by atoms with van der Waals surface area (Å²) in [5.74, 6) is 0.823. The Morgan fingerprint density at radius 3 is 2.18 bits per heavy atom. The molecule has 0 aliphatic carbocycles. The van der Waals surface area contributed by atoms with Crippen molar-refractivity contribution in [2.45, 2.75) is 13.1 Å².